The van der Waals surface area contributed by atoms with E-state index in [9.17, 15) is 9.90 Å². The summed E-state index contributed by atoms with van der Waals surface area (Å²) in [5.74, 6) is -0.283. The molecular formula is C23H17BrN4O2. The average Bonchev–Trinajstić information content (AvgIpc) is 2.78. The lowest BCUT2D eigenvalue weighted by Crippen LogP contribution is -2.20. The van der Waals surface area contributed by atoms with Crippen LogP contribution >= 0.6 is 15.9 Å². The van der Waals surface area contributed by atoms with Gasteiger partial charge in [-0.15, -0.1) is 0 Å². The highest BCUT2D eigenvalue weighted by Crippen LogP contribution is 2.25. The van der Waals surface area contributed by atoms with Crippen molar-refractivity contribution in [3.63, 3.8) is 0 Å². The Morgan fingerprint density at radius 3 is 2.70 bits per heavy atom. The van der Waals surface area contributed by atoms with Crippen molar-refractivity contribution < 1.29 is 9.90 Å². The van der Waals surface area contributed by atoms with E-state index in [0.29, 0.717) is 28.0 Å². The predicted molar refractivity (Wildman–Crippen MR) is 120 cm³/mol. The van der Waals surface area contributed by atoms with Crippen LogP contribution in [0.4, 0.5) is 0 Å². The van der Waals surface area contributed by atoms with Crippen LogP contribution in [0.1, 0.15) is 22.8 Å². The zero-order chi connectivity index (χ0) is 21.1. The Bertz CT molecular complexity index is 1270. The third-order valence-corrected chi connectivity index (χ3v) is 5.08. The highest BCUT2D eigenvalue weighted by molar-refractivity contribution is 9.10. The number of pyridine rings is 2. The van der Waals surface area contributed by atoms with E-state index in [1.165, 1.54) is 0 Å². The largest absolute Gasteiger partial charge is 0.507 e. The molecule has 0 aliphatic rings. The third kappa shape index (κ3) is 4.06. The Labute approximate surface area is 181 Å². The molecule has 0 aliphatic heterocycles. The molecule has 0 unspecified atom stereocenters. The summed E-state index contributed by atoms with van der Waals surface area (Å²) in [7, 11) is 0. The number of para-hydroxylation sites is 1. The number of phenolic OH excluding ortho intramolecular Hbond substituents is 1. The number of hydrazone groups is 1. The van der Waals surface area contributed by atoms with E-state index in [-0.39, 0.29) is 11.7 Å². The van der Waals surface area contributed by atoms with Crippen molar-refractivity contribution in [1.82, 2.24) is 15.4 Å². The van der Waals surface area contributed by atoms with Crippen LogP contribution in [0.3, 0.4) is 0 Å². The molecule has 0 spiro atoms. The van der Waals surface area contributed by atoms with Gasteiger partial charge in [-0.1, -0.05) is 34.1 Å². The molecule has 2 N–H and O–H groups in total. The molecule has 0 radical (unpaired) electrons. The molecule has 1 amide bonds. The number of nitrogens with one attached hydrogen (secondary N) is 1. The first-order valence-electron chi connectivity index (χ1n) is 9.16. The van der Waals surface area contributed by atoms with E-state index in [1.54, 1.807) is 43.6 Å². The van der Waals surface area contributed by atoms with Crippen molar-refractivity contribution in [3.8, 4) is 17.0 Å². The van der Waals surface area contributed by atoms with Gasteiger partial charge in [0.15, 0.2) is 0 Å². The van der Waals surface area contributed by atoms with Crippen LogP contribution in [0.15, 0.2) is 82.6 Å². The van der Waals surface area contributed by atoms with Gasteiger partial charge in [0.05, 0.1) is 22.5 Å². The number of aromatic hydroxyl groups is 1. The monoisotopic (exact) mass is 460 g/mol. The lowest BCUT2D eigenvalue weighted by molar-refractivity contribution is 0.0956. The molecule has 0 aliphatic carbocycles. The van der Waals surface area contributed by atoms with Gasteiger partial charge in [0, 0.05) is 33.4 Å². The molecule has 148 valence electrons. The number of benzene rings is 2. The van der Waals surface area contributed by atoms with E-state index in [0.717, 1.165) is 15.4 Å². The summed E-state index contributed by atoms with van der Waals surface area (Å²) < 4.78 is 0.803. The van der Waals surface area contributed by atoms with Crippen LogP contribution in [0.25, 0.3) is 22.2 Å². The maximum Gasteiger partial charge on any atom is 0.272 e. The van der Waals surface area contributed by atoms with Gasteiger partial charge < -0.3 is 5.11 Å². The molecule has 0 bridgehead atoms. The number of hydrogen-bond acceptors (Lipinski definition) is 5. The molecule has 0 saturated heterocycles. The Kier molecular flexibility index (Phi) is 5.54. The number of carbonyl (C=O) groups excluding carboxylic acids is 1. The van der Waals surface area contributed by atoms with Gasteiger partial charge in [-0.05, 0) is 49.4 Å². The minimum absolute atomic E-state index is 0.0851. The second kappa shape index (κ2) is 8.42. The number of hydrogen-bond donors (Lipinski definition) is 2. The van der Waals surface area contributed by atoms with Gasteiger partial charge in [0.25, 0.3) is 5.91 Å². The SMILES string of the molecule is C/C(=N\NC(=O)c1cc(-c2cccnc2)nc2ccccc12)c1cc(Br)ccc1O. The molecule has 2 heterocycles. The van der Waals surface area contributed by atoms with Crippen molar-refractivity contribution >= 4 is 38.5 Å². The molecular weight excluding hydrogens is 444 g/mol. The Hall–Kier alpha value is -3.58. The third-order valence-electron chi connectivity index (χ3n) is 4.59. The molecule has 0 fully saturated rings. The van der Waals surface area contributed by atoms with E-state index >= 15 is 0 Å². The summed E-state index contributed by atoms with van der Waals surface area (Å²) in [5.41, 5.74) is 6.22. The number of aromatic nitrogens is 2. The highest BCUT2D eigenvalue weighted by atomic mass is 79.9. The lowest BCUT2D eigenvalue weighted by atomic mass is 10.0. The maximum atomic E-state index is 13.0. The summed E-state index contributed by atoms with van der Waals surface area (Å²) in [4.78, 5) is 21.8. The van der Waals surface area contributed by atoms with Gasteiger partial charge in [-0.2, -0.15) is 5.10 Å². The Morgan fingerprint density at radius 1 is 1.07 bits per heavy atom. The fourth-order valence-corrected chi connectivity index (χ4v) is 3.44. The molecule has 2 aromatic heterocycles. The standard InChI is InChI=1S/C23H17BrN4O2/c1-14(18-11-16(24)8-9-22(18)29)27-28-23(30)19-12-21(15-5-4-10-25-13-15)26-20-7-3-2-6-17(19)20/h2-13,29H,1H3,(H,28,30)/b27-14+. The molecule has 0 saturated carbocycles. The first-order valence-corrected chi connectivity index (χ1v) is 9.96. The van der Waals surface area contributed by atoms with E-state index < -0.39 is 0 Å². The van der Waals surface area contributed by atoms with Crippen LogP contribution in [-0.4, -0.2) is 26.7 Å². The number of nitrogens with zero attached hydrogens (tertiary/aromatic N) is 3. The first kappa shape index (κ1) is 19.7. The van der Waals surface area contributed by atoms with Gasteiger partial charge in [-0.25, -0.2) is 10.4 Å². The molecule has 7 heteroatoms. The number of rotatable bonds is 4. The quantitative estimate of drug-likeness (QED) is 0.334. The average molecular weight is 461 g/mol. The van der Waals surface area contributed by atoms with Crippen LogP contribution in [-0.2, 0) is 0 Å². The van der Waals surface area contributed by atoms with Crippen LogP contribution in [0, 0.1) is 0 Å². The lowest BCUT2D eigenvalue weighted by Gasteiger charge is -2.10. The predicted octanol–water partition coefficient (Wildman–Crippen LogP) is 4.92. The zero-order valence-electron chi connectivity index (χ0n) is 16.0. The van der Waals surface area contributed by atoms with Crippen molar-refractivity contribution in [2.45, 2.75) is 6.92 Å². The fourth-order valence-electron chi connectivity index (χ4n) is 3.08. The zero-order valence-corrected chi connectivity index (χ0v) is 17.6. The molecule has 2 aromatic carbocycles. The van der Waals surface area contributed by atoms with Crippen molar-refractivity contribution in [3.05, 3.63) is 88.7 Å². The van der Waals surface area contributed by atoms with Crippen LogP contribution < -0.4 is 5.43 Å². The van der Waals surface area contributed by atoms with Crippen molar-refractivity contribution in [1.29, 1.82) is 0 Å². The maximum absolute atomic E-state index is 13.0. The number of amides is 1. The van der Waals surface area contributed by atoms with Gasteiger partial charge in [0.2, 0.25) is 0 Å². The second-order valence-corrected chi connectivity index (χ2v) is 7.53. The molecule has 30 heavy (non-hydrogen) atoms. The second-order valence-electron chi connectivity index (χ2n) is 6.61. The molecule has 4 rings (SSSR count). The summed E-state index contributed by atoms with van der Waals surface area (Å²) in [6.45, 7) is 1.72. The summed E-state index contributed by atoms with van der Waals surface area (Å²) in [6, 6.07) is 17.9. The molecule has 0 atom stereocenters. The molecule has 4 aromatic rings. The number of fused-ring (bicyclic) bond motifs is 1. The minimum atomic E-state index is -0.368. The summed E-state index contributed by atoms with van der Waals surface area (Å²) >= 11 is 3.37. The number of phenols is 1. The summed E-state index contributed by atoms with van der Waals surface area (Å²) in [5, 5.41) is 15.0. The van der Waals surface area contributed by atoms with Gasteiger partial charge >= 0.3 is 0 Å². The highest BCUT2D eigenvalue weighted by Gasteiger charge is 2.14. The van der Waals surface area contributed by atoms with E-state index in [2.05, 4.69) is 36.4 Å². The topological polar surface area (TPSA) is 87.5 Å². The Morgan fingerprint density at radius 2 is 1.90 bits per heavy atom. The smallest absolute Gasteiger partial charge is 0.272 e. The normalized spacial score (nSPS) is 11.5. The Balaban J connectivity index is 1.71. The fraction of sp³-hybridized carbons (Fsp3) is 0.0435. The van der Waals surface area contributed by atoms with Crippen molar-refractivity contribution in [2.24, 2.45) is 5.10 Å². The van der Waals surface area contributed by atoms with Crippen LogP contribution in [0.2, 0.25) is 0 Å². The van der Waals surface area contributed by atoms with E-state index in [4.69, 9.17) is 0 Å². The molecule has 6 nitrogen and oxygen atoms in total. The van der Waals surface area contributed by atoms with Crippen molar-refractivity contribution in [2.75, 3.05) is 0 Å². The van der Waals surface area contributed by atoms with Gasteiger partial charge in [0.1, 0.15) is 5.75 Å². The van der Waals surface area contributed by atoms with E-state index in [1.807, 2.05) is 36.4 Å². The van der Waals surface area contributed by atoms with Gasteiger partial charge in [-0.3, -0.25) is 9.78 Å². The minimum Gasteiger partial charge on any atom is -0.507 e. The first-order chi connectivity index (χ1) is 14.5. The number of halogens is 1. The number of carbonyl (C=O) groups is 1. The summed E-state index contributed by atoms with van der Waals surface area (Å²) in [6.07, 6.45) is 3.39. The van der Waals surface area contributed by atoms with Crippen LogP contribution in [0.5, 0.6) is 5.75 Å².